The number of amides is 2. The van der Waals surface area contributed by atoms with Gasteiger partial charge in [0.15, 0.2) is 6.10 Å². The number of carbonyl (C=O) groups is 3. The Kier molecular flexibility index (Phi) is 5.63. The van der Waals surface area contributed by atoms with Crippen molar-refractivity contribution < 1.29 is 19.1 Å². The van der Waals surface area contributed by atoms with Gasteiger partial charge in [-0.15, -0.1) is 0 Å². The molecule has 1 saturated heterocycles. The Morgan fingerprint density at radius 3 is 2.96 bits per heavy atom. The number of fused-ring (bicyclic) bond motifs is 1. The van der Waals surface area contributed by atoms with Gasteiger partial charge in [-0.3, -0.25) is 14.4 Å². The quantitative estimate of drug-likeness (QED) is 0.814. The first-order valence-electron chi connectivity index (χ1n) is 8.54. The van der Waals surface area contributed by atoms with Crippen molar-refractivity contribution in [3.8, 4) is 0 Å². The molecule has 6 nitrogen and oxygen atoms in total. The molecule has 0 saturated carbocycles. The number of rotatable bonds is 5. The third-order valence-electron chi connectivity index (χ3n) is 4.53. The van der Waals surface area contributed by atoms with Gasteiger partial charge in [-0.25, -0.2) is 0 Å². The van der Waals surface area contributed by atoms with Crippen molar-refractivity contribution in [2.24, 2.45) is 0 Å². The molecule has 0 spiro atoms. The SMILES string of the molecule is C[C@@H](OC(=O)CN1CCSC1=O)C(=O)N[C@H]1CCCc2ccccc21. The summed E-state index contributed by atoms with van der Waals surface area (Å²) in [5.41, 5.74) is 2.40. The summed E-state index contributed by atoms with van der Waals surface area (Å²) in [7, 11) is 0. The first-order chi connectivity index (χ1) is 12.0. The fourth-order valence-electron chi connectivity index (χ4n) is 3.21. The zero-order valence-electron chi connectivity index (χ0n) is 14.2. The van der Waals surface area contributed by atoms with Crippen LogP contribution in [0.25, 0.3) is 0 Å². The van der Waals surface area contributed by atoms with E-state index in [2.05, 4.69) is 11.4 Å². The topological polar surface area (TPSA) is 75.7 Å². The molecule has 0 aromatic heterocycles. The molecule has 7 heteroatoms. The van der Waals surface area contributed by atoms with Gasteiger partial charge in [-0.1, -0.05) is 36.0 Å². The average Bonchev–Trinajstić information content (AvgIpc) is 2.99. The maximum Gasteiger partial charge on any atom is 0.326 e. The molecule has 1 aromatic carbocycles. The van der Waals surface area contributed by atoms with E-state index >= 15 is 0 Å². The van der Waals surface area contributed by atoms with E-state index in [0.29, 0.717) is 12.3 Å². The lowest BCUT2D eigenvalue weighted by Crippen LogP contribution is -2.41. The van der Waals surface area contributed by atoms with Gasteiger partial charge in [0, 0.05) is 12.3 Å². The average molecular weight is 362 g/mol. The second kappa shape index (κ2) is 7.91. The largest absolute Gasteiger partial charge is 0.451 e. The zero-order chi connectivity index (χ0) is 17.8. The van der Waals surface area contributed by atoms with E-state index in [1.54, 1.807) is 6.92 Å². The number of ether oxygens (including phenoxy) is 1. The van der Waals surface area contributed by atoms with E-state index in [4.69, 9.17) is 4.74 Å². The number of carbonyl (C=O) groups excluding carboxylic acids is 3. The molecule has 0 radical (unpaired) electrons. The first-order valence-corrected chi connectivity index (χ1v) is 9.52. The Labute approximate surface area is 151 Å². The molecule has 25 heavy (non-hydrogen) atoms. The molecule has 134 valence electrons. The van der Waals surface area contributed by atoms with Crippen LogP contribution in [-0.2, 0) is 20.7 Å². The van der Waals surface area contributed by atoms with Crippen molar-refractivity contribution in [2.45, 2.75) is 38.3 Å². The van der Waals surface area contributed by atoms with E-state index in [9.17, 15) is 14.4 Å². The molecular formula is C18H22N2O4S. The van der Waals surface area contributed by atoms with Crippen molar-refractivity contribution in [1.82, 2.24) is 10.2 Å². The van der Waals surface area contributed by atoms with Gasteiger partial charge in [0.1, 0.15) is 6.54 Å². The van der Waals surface area contributed by atoms with Crippen molar-refractivity contribution in [3.63, 3.8) is 0 Å². The molecule has 0 unspecified atom stereocenters. The van der Waals surface area contributed by atoms with Crippen LogP contribution < -0.4 is 5.32 Å². The Hall–Kier alpha value is -2.02. The number of aryl methyl sites for hydroxylation is 1. The van der Waals surface area contributed by atoms with Crippen molar-refractivity contribution >= 4 is 28.9 Å². The lowest BCUT2D eigenvalue weighted by Gasteiger charge is -2.27. The monoisotopic (exact) mass is 362 g/mol. The third-order valence-corrected chi connectivity index (χ3v) is 5.42. The van der Waals surface area contributed by atoms with Crippen LogP contribution in [0.2, 0.25) is 0 Å². The normalized spacial score (nSPS) is 20.8. The van der Waals surface area contributed by atoms with Crippen LogP contribution in [0.1, 0.15) is 36.9 Å². The lowest BCUT2D eigenvalue weighted by atomic mass is 9.87. The Morgan fingerprint density at radius 2 is 2.20 bits per heavy atom. The minimum atomic E-state index is -0.882. The van der Waals surface area contributed by atoms with Crippen LogP contribution in [0.4, 0.5) is 4.79 Å². The number of hydrogen-bond acceptors (Lipinski definition) is 5. The summed E-state index contributed by atoms with van der Waals surface area (Å²) in [6.07, 6.45) is 2.04. The van der Waals surface area contributed by atoms with E-state index in [1.807, 2.05) is 18.2 Å². The van der Waals surface area contributed by atoms with Gasteiger partial charge >= 0.3 is 5.97 Å². The van der Waals surface area contributed by atoms with Gasteiger partial charge in [0.2, 0.25) is 0 Å². The molecule has 1 aliphatic carbocycles. The molecule has 0 bridgehead atoms. The van der Waals surface area contributed by atoms with E-state index in [1.165, 1.54) is 22.2 Å². The van der Waals surface area contributed by atoms with Gasteiger partial charge in [-0.2, -0.15) is 0 Å². The predicted molar refractivity (Wildman–Crippen MR) is 95.2 cm³/mol. The number of esters is 1. The highest BCUT2D eigenvalue weighted by atomic mass is 32.2. The highest BCUT2D eigenvalue weighted by molar-refractivity contribution is 8.13. The van der Waals surface area contributed by atoms with E-state index in [0.717, 1.165) is 24.8 Å². The second-order valence-electron chi connectivity index (χ2n) is 6.32. The molecule has 1 aliphatic heterocycles. The molecule has 1 aromatic rings. The summed E-state index contributed by atoms with van der Waals surface area (Å²) >= 11 is 1.19. The number of nitrogens with zero attached hydrogens (tertiary/aromatic N) is 1. The van der Waals surface area contributed by atoms with Gasteiger partial charge < -0.3 is 15.0 Å². The maximum absolute atomic E-state index is 12.4. The lowest BCUT2D eigenvalue weighted by molar-refractivity contribution is -0.155. The summed E-state index contributed by atoms with van der Waals surface area (Å²) in [5, 5.41) is 2.86. The van der Waals surface area contributed by atoms with Crippen molar-refractivity contribution in [3.05, 3.63) is 35.4 Å². The summed E-state index contributed by atoms with van der Waals surface area (Å²) in [5.74, 6) is -0.178. The third kappa shape index (κ3) is 4.34. The number of nitrogens with one attached hydrogen (secondary N) is 1. The number of thioether (sulfide) groups is 1. The summed E-state index contributed by atoms with van der Waals surface area (Å²) in [4.78, 5) is 37.3. The fraction of sp³-hybridized carbons (Fsp3) is 0.500. The predicted octanol–water partition coefficient (Wildman–Crippen LogP) is 2.28. The van der Waals surface area contributed by atoms with Gasteiger partial charge in [0.25, 0.3) is 11.1 Å². The molecule has 1 fully saturated rings. The Morgan fingerprint density at radius 1 is 1.40 bits per heavy atom. The minimum absolute atomic E-state index is 0.0461. The number of hydrogen-bond donors (Lipinski definition) is 1. The number of benzene rings is 1. The van der Waals surface area contributed by atoms with Crippen LogP contribution in [0.5, 0.6) is 0 Å². The fourth-order valence-corrected chi connectivity index (χ4v) is 4.03. The first kappa shape index (κ1) is 17.8. The van der Waals surface area contributed by atoms with Crippen LogP contribution in [0, 0.1) is 0 Å². The summed E-state index contributed by atoms with van der Waals surface area (Å²) in [6, 6.07) is 8.05. The molecule has 1 heterocycles. The van der Waals surface area contributed by atoms with Crippen LogP contribution in [0.15, 0.2) is 24.3 Å². The standard InChI is InChI=1S/C18H22N2O4S/c1-12(24-16(21)11-20-9-10-25-18(20)23)17(22)19-15-8-4-6-13-5-2-3-7-14(13)15/h2-3,5,7,12,15H,4,6,8-11H2,1H3,(H,19,22)/t12-,15+/m1/s1. The summed E-state index contributed by atoms with van der Waals surface area (Å²) in [6.45, 7) is 2.00. The van der Waals surface area contributed by atoms with E-state index < -0.39 is 12.1 Å². The van der Waals surface area contributed by atoms with Crippen LogP contribution in [-0.4, -0.2) is 47.0 Å². The zero-order valence-corrected chi connectivity index (χ0v) is 15.0. The van der Waals surface area contributed by atoms with Crippen LogP contribution in [0.3, 0.4) is 0 Å². The smallest absolute Gasteiger partial charge is 0.326 e. The van der Waals surface area contributed by atoms with Gasteiger partial charge in [-0.05, 0) is 37.3 Å². The Bertz CT molecular complexity index is 679. The minimum Gasteiger partial charge on any atom is -0.451 e. The van der Waals surface area contributed by atoms with Gasteiger partial charge in [0.05, 0.1) is 6.04 Å². The molecule has 2 atom stereocenters. The molecular weight excluding hydrogens is 340 g/mol. The van der Waals surface area contributed by atoms with E-state index in [-0.39, 0.29) is 23.7 Å². The van der Waals surface area contributed by atoms with Crippen molar-refractivity contribution in [1.29, 1.82) is 0 Å². The highest BCUT2D eigenvalue weighted by Gasteiger charge is 2.28. The van der Waals surface area contributed by atoms with Crippen LogP contribution >= 0.6 is 11.8 Å². The summed E-state index contributed by atoms with van der Waals surface area (Å²) < 4.78 is 5.20. The molecule has 3 rings (SSSR count). The highest BCUT2D eigenvalue weighted by Crippen LogP contribution is 2.29. The Balaban J connectivity index is 1.53. The second-order valence-corrected chi connectivity index (χ2v) is 7.37. The molecule has 2 aliphatic rings. The molecule has 2 amide bonds. The molecule has 1 N–H and O–H groups in total. The maximum atomic E-state index is 12.4. The van der Waals surface area contributed by atoms with Crippen molar-refractivity contribution in [2.75, 3.05) is 18.8 Å².